The maximum absolute atomic E-state index is 15.1. The average molecular weight is 470 g/mol. The van der Waals surface area contributed by atoms with Gasteiger partial charge in [0, 0.05) is 10.8 Å². The van der Waals surface area contributed by atoms with Crippen LogP contribution in [0.3, 0.4) is 0 Å². The Morgan fingerprint density at radius 2 is 1.79 bits per heavy atom. The first kappa shape index (κ1) is 24.1. The van der Waals surface area contributed by atoms with Crippen LogP contribution in [0.2, 0.25) is 0 Å². The third-order valence-corrected chi connectivity index (χ3v) is 7.88. The molecule has 178 valence electrons. The normalized spacial score (nSPS) is 17.3. The number of carbonyl (C=O) groups excluding carboxylic acids is 1. The van der Waals surface area contributed by atoms with E-state index in [1.165, 1.54) is 24.8 Å². The van der Waals surface area contributed by atoms with E-state index in [4.69, 9.17) is 4.74 Å². The number of hydrogen-bond donors (Lipinski definition) is 1. The highest BCUT2D eigenvalue weighted by molar-refractivity contribution is 7.98. The molecule has 0 unspecified atom stereocenters. The minimum absolute atomic E-state index is 0.0323. The quantitative estimate of drug-likeness (QED) is 0.406. The molecule has 0 aromatic heterocycles. The summed E-state index contributed by atoms with van der Waals surface area (Å²) >= 11 is 1.43. The number of nitrogens with one attached hydrogen (secondary N) is 1. The predicted octanol–water partition coefficient (Wildman–Crippen LogP) is 7.53. The molecule has 2 aromatic carbocycles. The lowest BCUT2D eigenvalue weighted by Crippen LogP contribution is -2.37. The van der Waals surface area contributed by atoms with E-state index in [1.807, 2.05) is 32.0 Å². The molecule has 33 heavy (non-hydrogen) atoms. The van der Waals surface area contributed by atoms with Crippen LogP contribution in [0, 0.1) is 5.82 Å². The fraction of sp³-hybridized carbons (Fsp3) is 0.536. The molecule has 2 aliphatic carbocycles. The number of halogens is 1. The van der Waals surface area contributed by atoms with Gasteiger partial charge in [0.05, 0.1) is 11.5 Å². The van der Waals surface area contributed by atoms with Crippen molar-refractivity contribution in [2.45, 2.75) is 95.3 Å². The number of benzene rings is 2. The van der Waals surface area contributed by atoms with E-state index in [0.29, 0.717) is 5.25 Å². The molecule has 2 saturated carbocycles. The van der Waals surface area contributed by atoms with Gasteiger partial charge in [-0.05, 0) is 105 Å². The maximum Gasteiger partial charge on any atom is 0.239 e. The highest BCUT2D eigenvalue weighted by atomic mass is 32.2. The minimum Gasteiger partial charge on any atom is -0.490 e. The van der Waals surface area contributed by atoms with Crippen molar-refractivity contribution >= 4 is 17.9 Å². The molecular weight excluding hydrogens is 433 g/mol. The molecule has 2 aromatic rings. The highest BCUT2D eigenvalue weighted by Gasteiger charge is 2.33. The molecule has 0 saturated heterocycles. The zero-order valence-corrected chi connectivity index (χ0v) is 21.1. The summed E-state index contributed by atoms with van der Waals surface area (Å²) in [6.45, 7) is 7.99. The zero-order chi connectivity index (χ0) is 23.6. The summed E-state index contributed by atoms with van der Waals surface area (Å²) in [5, 5.41) is 0.305. The summed E-state index contributed by atoms with van der Waals surface area (Å²) in [6, 6.07) is 11.4. The van der Waals surface area contributed by atoms with Crippen LogP contribution >= 0.6 is 11.9 Å². The Morgan fingerprint density at radius 3 is 2.42 bits per heavy atom. The summed E-state index contributed by atoms with van der Waals surface area (Å²) in [5.41, 5.74) is 2.78. The number of carbonyl (C=O) groups is 1. The van der Waals surface area contributed by atoms with Gasteiger partial charge in [0.15, 0.2) is 0 Å². The monoisotopic (exact) mass is 469 g/mol. The minimum atomic E-state index is -0.730. The van der Waals surface area contributed by atoms with Crippen LogP contribution in [0.4, 0.5) is 4.39 Å². The van der Waals surface area contributed by atoms with Gasteiger partial charge in [-0.3, -0.25) is 9.52 Å². The smallest absolute Gasteiger partial charge is 0.239 e. The Bertz CT molecular complexity index is 993. The largest absolute Gasteiger partial charge is 0.490 e. The second kappa shape index (κ2) is 10.1. The van der Waals surface area contributed by atoms with E-state index < -0.39 is 5.41 Å². The van der Waals surface area contributed by atoms with Crippen molar-refractivity contribution in [3.05, 3.63) is 53.3 Å². The fourth-order valence-corrected chi connectivity index (χ4v) is 5.33. The first-order valence-electron chi connectivity index (χ1n) is 12.3. The molecule has 0 bridgehead atoms. The Balaban J connectivity index is 1.77. The topological polar surface area (TPSA) is 38.3 Å². The van der Waals surface area contributed by atoms with Crippen LogP contribution < -0.4 is 9.46 Å². The van der Waals surface area contributed by atoms with Crippen molar-refractivity contribution in [2.75, 3.05) is 0 Å². The van der Waals surface area contributed by atoms with Gasteiger partial charge in [0.1, 0.15) is 11.6 Å². The molecule has 5 heteroatoms. The Hall–Kier alpha value is -2.01. The molecule has 3 nitrogen and oxygen atoms in total. The lowest BCUT2D eigenvalue weighted by molar-refractivity contribution is -0.123. The van der Waals surface area contributed by atoms with Crippen LogP contribution in [0.15, 0.2) is 36.4 Å². The lowest BCUT2D eigenvalue weighted by atomic mass is 9.76. The summed E-state index contributed by atoms with van der Waals surface area (Å²) in [5.74, 6) is 0.877. The predicted molar refractivity (Wildman–Crippen MR) is 135 cm³/mol. The SMILES string of the molecule is CC(C)SNC(=O)C(C)(C)c1ccc(OC2CCCC2)c(-c2cccc(F)c2C2CCC2)c1. The van der Waals surface area contributed by atoms with Crippen molar-refractivity contribution in [3.63, 3.8) is 0 Å². The van der Waals surface area contributed by atoms with E-state index in [-0.39, 0.29) is 23.7 Å². The Labute approximate surface area is 202 Å². The van der Waals surface area contributed by atoms with E-state index in [1.54, 1.807) is 12.1 Å². The zero-order valence-electron chi connectivity index (χ0n) is 20.2. The van der Waals surface area contributed by atoms with Crippen molar-refractivity contribution in [1.29, 1.82) is 0 Å². The van der Waals surface area contributed by atoms with E-state index in [2.05, 4.69) is 24.6 Å². The van der Waals surface area contributed by atoms with E-state index >= 15 is 4.39 Å². The fourth-order valence-electron chi connectivity index (χ4n) is 4.73. The van der Waals surface area contributed by atoms with Crippen molar-refractivity contribution < 1.29 is 13.9 Å². The molecule has 0 atom stereocenters. The highest BCUT2D eigenvalue weighted by Crippen LogP contribution is 2.46. The summed E-state index contributed by atoms with van der Waals surface area (Å²) < 4.78 is 24.5. The Morgan fingerprint density at radius 1 is 1.06 bits per heavy atom. The summed E-state index contributed by atoms with van der Waals surface area (Å²) in [6.07, 6.45) is 7.87. The van der Waals surface area contributed by atoms with Gasteiger partial charge in [0.25, 0.3) is 0 Å². The van der Waals surface area contributed by atoms with E-state index in [0.717, 1.165) is 60.1 Å². The molecule has 1 amide bonds. The molecule has 0 spiro atoms. The van der Waals surface area contributed by atoms with Crippen LogP contribution in [0.25, 0.3) is 11.1 Å². The van der Waals surface area contributed by atoms with Gasteiger partial charge in [-0.2, -0.15) is 0 Å². The van der Waals surface area contributed by atoms with Gasteiger partial charge < -0.3 is 4.74 Å². The first-order valence-corrected chi connectivity index (χ1v) is 13.2. The van der Waals surface area contributed by atoms with Crippen molar-refractivity contribution in [2.24, 2.45) is 0 Å². The van der Waals surface area contributed by atoms with Crippen LogP contribution in [-0.4, -0.2) is 17.3 Å². The molecule has 0 radical (unpaired) electrons. The Kier molecular flexibility index (Phi) is 7.37. The van der Waals surface area contributed by atoms with Crippen molar-refractivity contribution in [3.8, 4) is 16.9 Å². The van der Waals surface area contributed by atoms with Crippen LogP contribution in [0.1, 0.15) is 89.7 Å². The van der Waals surface area contributed by atoms with Gasteiger partial charge in [0.2, 0.25) is 5.91 Å². The summed E-state index contributed by atoms with van der Waals surface area (Å²) in [4.78, 5) is 13.0. The average Bonchev–Trinajstić information content (AvgIpc) is 3.25. The van der Waals surface area contributed by atoms with Crippen LogP contribution in [-0.2, 0) is 10.2 Å². The molecule has 2 fully saturated rings. The third-order valence-electron chi connectivity index (χ3n) is 7.11. The maximum atomic E-state index is 15.1. The van der Waals surface area contributed by atoms with Gasteiger partial charge in [-0.25, -0.2) is 4.39 Å². The molecule has 0 aliphatic heterocycles. The van der Waals surface area contributed by atoms with Crippen LogP contribution in [0.5, 0.6) is 5.75 Å². The number of rotatable bonds is 8. The third kappa shape index (κ3) is 5.24. The second-order valence-electron chi connectivity index (χ2n) is 10.3. The molecular formula is C28H36FNO2S. The first-order chi connectivity index (χ1) is 15.8. The van der Waals surface area contributed by atoms with Gasteiger partial charge in [-0.15, -0.1) is 0 Å². The lowest BCUT2D eigenvalue weighted by Gasteiger charge is -2.30. The molecule has 0 heterocycles. The summed E-state index contributed by atoms with van der Waals surface area (Å²) in [7, 11) is 0. The second-order valence-corrected chi connectivity index (χ2v) is 11.7. The van der Waals surface area contributed by atoms with Crippen molar-refractivity contribution in [1.82, 2.24) is 4.72 Å². The molecule has 2 aliphatic rings. The van der Waals surface area contributed by atoms with Gasteiger partial charge in [-0.1, -0.05) is 38.5 Å². The van der Waals surface area contributed by atoms with Gasteiger partial charge >= 0.3 is 0 Å². The van der Waals surface area contributed by atoms with E-state index in [9.17, 15) is 4.79 Å². The standard InChI is InChI=1S/C28H36FNO2S/c1-18(2)33-30-27(31)28(3,4)20-15-16-25(32-21-11-5-6-12-21)23(17-20)22-13-8-14-24(29)26(22)19-9-7-10-19/h8,13-19,21H,5-7,9-12H2,1-4H3,(H,30,31). The number of ether oxygens (including phenoxy) is 1. The number of hydrogen-bond acceptors (Lipinski definition) is 3. The molecule has 1 N–H and O–H groups in total. The number of amides is 1. The molecule has 4 rings (SSSR count).